The van der Waals surface area contributed by atoms with Gasteiger partial charge in [-0.2, -0.15) is 0 Å². The third-order valence-corrected chi connectivity index (χ3v) is 4.23. The number of benzene rings is 2. The van der Waals surface area contributed by atoms with E-state index in [1.165, 1.54) is 0 Å². The SMILES string of the molecule is CC=C(Cc1ccccc1)NNC(=O)CCC(=O)Nc1ccc(Cl)cc1C. The Labute approximate surface area is 164 Å². The van der Waals surface area contributed by atoms with Crippen molar-refractivity contribution in [3.05, 3.63) is 76.5 Å². The predicted octanol–water partition coefficient (Wildman–Crippen LogP) is 4.13. The van der Waals surface area contributed by atoms with Crippen LogP contribution in [0.3, 0.4) is 0 Å². The first-order valence-electron chi connectivity index (χ1n) is 8.78. The normalized spacial score (nSPS) is 11.0. The van der Waals surface area contributed by atoms with E-state index in [1.54, 1.807) is 18.2 Å². The van der Waals surface area contributed by atoms with Crippen LogP contribution in [0.2, 0.25) is 5.02 Å². The van der Waals surface area contributed by atoms with Crippen molar-refractivity contribution in [1.82, 2.24) is 10.9 Å². The average Bonchev–Trinajstić information content (AvgIpc) is 2.66. The summed E-state index contributed by atoms with van der Waals surface area (Å²) < 4.78 is 0. The van der Waals surface area contributed by atoms with Crippen LogP contribution in [0.4, 0.5) is 5.69 Å². The molecule has 0 fully saturated rings. The minimum Gasteiger partial charge on any atom is -0.326 e. The number of hydrazine groups is 1. The van der Waals surface area contributed by atoms with Gasteiger partial charge in [0.2, 0.25) is 11.8 Å². The molecule has 0 aliphatic heterocycles. The van der Waals surface area contributed by atoms with Crippen molar-refractivity contribution in [2.24, 2.45) is 0 Å². The Morgan fingerprint density at radius 3 is 2.37 bits per heavy atom. The molecule has 0 radical (unpaired) electrons. The maximum absolute atomic E-state index is 12.0. The molecule has 2 amide bonds. The summed E-state index contributed by atoms with van der Waals surface area (Å²) in [5.74, 6) is -0.462. The van der Waals surface area contributed by atoms with Crippen LogP contribution in [-0.2, 0) is 16.0 Å². The molecule has 27 heavy (non-hydrogen) atoms. The van der Waals surface area contributed by atoms with Gasteiger partial charge in [0.15, 0.2) is 0 Å². The van der Waals surface area contributed by atoms with Crippen molar-refractivity contribution >= 4 is 29.1 Å². The lowest BCUT2D eigenvalue weighted by Gasteiger charge is -2.12. The zero-order valence-electron chi connectivity index (χ0n) is 15.5. The number of carbonyl (C=O) groups excluding carboxylic acids is 2. The summed E-state index contributed by atoms with van der Waals surface area (Å²) in [5.41, 5.74) is 9.16. The lowest BCUT2D eigenvalue weighted by molar-refractivity contribution is -0.124. The molecule has 5 nitrogen and oxygen atoms in total. The summed E-state index contributed by atoms with van der Waals surface area (Å²) in [6.45, 7) is 3.77. The molecule has 0 unspecified atom stereocenters. The number of carbonyl (C=O) groups is 2. The fourth-order valence-electron chi connectivity index (χ4n) is 2.45. The van der Waals surface area contributed by atoms with E-state index in [2.05, 4.69) is 16.2 Å². The summed E-state index contributed by atoms with van der Waals surface area (Å²) in [4.78, 5) is 24.0. The maximum atomic E-state index is 12.0. The number of halogens is 1. The zero-order valence-corrected chi connectivity index (χ0v) is 16.3. The molecule has 2 rings (SSSR count). The van der Waals surface area contributed by atoms with Gasteiger partial charge in [0.1, 0.15) is 0 Å². The van der Waals surface area contributed by atoms with Crippen LogP contribution in [-0.4, -0.2) is 11.8 Å². The van der Waals surface area contributed by atoms with Gasteiger partial charge in [0, 0.05) is 35.7 Å². The number of allylic oxidation sites excluding steroid dienone is 2. The zero-order chi connectivity index (χ0) is 19.6. The number of amides is 2. The van der Waals surface area contributed by atoms with Crippen LogP contribution >= 0.6 is 11.6 Å². The van der Waals surface area contributed by atoms with Gasteiger partial charge >= 0.3 is 0 Å². The van der Waals surface area contributed by atoms with Crippen LogP contribution < -0.4 is 16.2 Å². The second kappa shape index (κ2) is 10.4. The number of aryl methyl sites for hydroxylation is 1. The summed E-state index contributed by atoms with van der Waals surface area (Å²) in [7, 11) is 0. The molecular weight excluding hydrogens is 362 g/mol. The molecule has 2 aromatic rings. The van der Waals surface area contributed by atoms with Crippen molar-refractivity contribution in [2.75, 3.05) is 5.32 Å². The molecule has 2 aromatic carbocycles. The lowest BCUT2D eigenvalue weighted by Crippen LogP contribution is -2.37. The van der Waals surface area contributed by atoms with Crippen molar-refractivity contribution in [2.45, 2.75) is 33.1 Å². The first-order chi connectivity index (χ1) is 13.0. The molecule has 0 aliphatic carbocycles. The molecule has 6 heteroatoms. The van der Waals surface area contributed by atoms with Crippen molar-refractivity contribution in [1.29, 1.82) is 0 Å². The summed E-state index contributed by atoms with van der Waals surface area (Å²) in [6, 6.07) is 15.2. The van der Waals surface area contributed by atoms with Gasteiger partial charge < -0.3 is 10.7 Å². The number of nitrogens with one attached hydrogen (secondary N) is 3. The monoisotopic (exact) mass is 385 g/mol. The van der Waals surface area contributed by atoms with E-state index in [0.29, 0.717) is 17.1 Å². The molecular formula is C21H24ClN3O2. The predicted molar refractivity (Wildman–Crippen MR) is 109 cm³/mol. The first-order valence-corrected chi connectivity index (χ1v) is 9.15. The molecule has 142 valence electrons. The molecule has 0 aliphatic rings. The van der Waals surface area contributed by atoms with Gasteiger partial charge in [-0.05, 0) is 43.2 Å². The highest BCUT2D eigenvalue weighted by Crippen LogP contribution is 2.19. The van der Waals surface area contributed by atoms with Gasteiger partial charge in [-0.1, -0.05) is 48.0 Å². The van der Waals surface area contributed by atoms with Gasteiger partial charge in [-0.3, -0.25) is 15.0 Å². The highest BCUT2D eigenvalue weighted by atomic mass is 35.5. The van der Waals surface area contributed by atoms with E-state index in [1.807, 2.05) is 50.3 Å². The number of rotatable bonds is 8. The van der Waals surface area contributed by atoms with Crippen molar-refractivity contribution < 1.29 is 9.59 Å². The van der Waals surface area contributed by atoms with E-state index in [9.17, 15) is 9.59 Å². The smallest absolute Gasteiger partial charge is 0.238 e. The summed E-state index contributed by atoms with van der Waals surface area (Å²) >= 11 is 5.90. The molecule has 0 spiro atoms. The van der Waals surface area contributed by atoms with Gasteiger partial charge in [-0.25, -0.2) is 0 Å². The topological polar surface area (TPSA) is 70.2 Å². The fraction of sp³-hybridized carbons (Fsp3) is 0.238. The van der Waals surface area contributed by atoms with Crippen LogP contribution in [0, 0.1) is 6.92 Å². The molecule has 0 bridgehead atoms. The van der Waals surface area contributed by atoms with Crippen LogP contribution in [0.1, 0.15) is 30.9 Å². The minimum absolute atomic E-state index is 0.0911. The molecule has 0 aromatic heterocycles. The third-order valence-electron chi connectivity index (χ3n) is 3.99. The molecule has 0 heterocycles. The molecule has 0 atom stereocenters. The standard InChI is InChI=1S/C21H24ClN3O2/c1-3-18(14-16-7-5-4-6-8-16)24-25-21(27)12-11-20(26)23-19-10-9-17(22)13-15(19)2/h3-10,13,24H,11-12,14H2,1-2H3,(H,23,26)(H,25,27). The highest BCUT2D eigenvalue weighted by molar-refractivity contribution is 6.30. The van der Waals surface area contributed by atoms with E-state index >= 15 is 0 Å². The Hall–Kier alpha value is -2.79. The number of hydrogen-bond donors (Lipinski definition) is 3. The van der Waals surface area contributed by atoms with Gasteiger partial charge in [0.05, 0.1) is 0 Å². The van der Waals surface area contributed by atoms with Crippen molar-refractivity contribution in [3.63, 3.8) is 0 Å². The van der Waals surface area contributed by atoms with Crippen LogP contribution in [0.25, 0.3) is 0 Å². The lowest BCUT2D eigenvalue weighted by atomic mass is 10.1. The third kappa shape index (κ3) is 7.15. The molecule has 0 saturated heterocycles. The first kappa shape index (κ1) is 20.5. The van der Waals surface area contributed by atoms with Crippen LogP contribution in [0.15, 0.2) is 60.3 Å². The Bertz CT molecular complexity index is 819. The van der Waals surface area contributed by atoms with E-state index in [-0.39, 0.29) is 24.7 Å². The Balaban J connectivity index is 1.74. The number of hydrogen-bond acceptors (Lipinski definition) is 3. The second-order valence-corrected chi connectivity index (χ2v) is 6.59. The molecule has 3 N–H and O–H groups in total. The Kier molecular flexibility index (Phi) is 7.89. The Morgan fingerprint density at radius 1 is 1.00 bits per heavy atom. The van der Waals surface area contributed by atoms with E-state index < -0.39 is 0 Å². The quantitative estimate of drug-likeness (QED) is 0.598. The van der Waals surface area contributed by atoms with Gasteiger partial charge in [-0.15, -0.1) is 0 Å². The van der Waals surface area contributed by atoms with E-state index in [4.69, 9.17) is 11.6 Å². The fourth-order valence-corrected chi connectivity index (χ4v) is 2.68. The highest BCUT2D eigenvalue weighted by Gasteiger charge is 2.09. The van der Waals surface area contributed by atoms with Crippen LogP contribution in [0.5, 0.6) is 0 Å². The van der Waals surface area contributed by atoms with Gasteiger partial charge in [0.25, 0.3) is 0 Å². The largest absolute Gasteiger partial charge is 0.326 e. The number of anilines is 1. The molecule has 0 saturated carbocycles. The minimum atomic E-state index is -0.245. The van der Waals surface area contributed by atoms with E-state index in [0.717, 1.165) is 16.8 Å². The summed E-state index contributed by atoms with van der Waals surface area (Å²) in [5, 5.41) is 3.41. The Morgan fingerprint density at radius 2 is 1.70 bits per heavy atom. The maximum Gasteiger partial charge on any atom is 0.238 e. The van der Waals surface area contributed by atoms with Crippen molar-refractivity contribution in [3.8, 4) is 0 Å². The second-order valence-electron chi connectivity index (χ2n) is 6.16. The average molecular weight is 386 g/mol. The summed E-state index contributed by atoms with van der Waals surface area (Å²) in [6.07, 6.45) is 2.78.